The summed E-state index contributed by atoms with van der Waals surface area (Å²) in [6.07, 6.45) is 1.71. The van der Waals surface area contributed by atoms with E-state index in [0.717, 1.165) is 32.0 Å². The van der Waals surface area contributed by atoms with Gasteiger partial charge in [0.1, 0.15) is 0 Å². The molecule has 3 rings (SSSR count). The number of aryl methyl sites for hydroxylation is 2. The standard InChI is InChI=1S/C23H24BrN3OS/c1-15-10-11-16(2)21(12-15)27-17(3)20(23(24)18(27)4)13-25-26-22(28)14-29-19-8-6-5-7-9-19/h5-13H,14H2,1-4H3,(H,26,28)/b25-13-. The second-order valence-corrected chi connectivity index (χ2v) is 8.76. The fourth-order valence-corrected chi connectivity index (χ4v) is 4.44. The van der Waals surface area contributed by atoms with Crippen LogP contribution in [0.3, 0.4) is 0 Å². The molecule has 0 bridgehead atoms. The Kier molecular flexibility index (Phi) is 6.98. The van der Waals surface area contributed by atoms with Crippen LogP contribution in [0.2, 0.25) is 0 Å². The molecular formula is C23H24BrN3OS. The van der Waals surface area contributed by atoms with Crippen LogP contribution in [0.4, 0.5) is 0 Å². The van der Waals surface area contributed by atoms with Crippen LogP contribution >= 0.6 is 27.7 Å². The Bertz CT molecular complexity index is 1060. The highest BCUT2D eigenvalue weighted by atomic mass is 79.9. The molecule has 0 aliphatic heterocycles. The lowest BCUT2D eigenvalue weighted by Crippen LogP contribution is -2.19. The van der Waals surface area contributed by atoms with Gasteiger partial charge in [-0.1, -0.05) is 30.3 Å². The van der Waals surface area contributed by atoms with Crippen molar-refractivity contribution in [3.05, 3.63) is 81.1 Å². The van der Waals surface area contributed by atoms with Crippen molar-refractivity contribution in [1.82, 2.24) is 9.99 Å². The molecule has 29 heavy (non-hydrogen) atoms. The van der Waals surface area contributed by atoms with E-state index in [4.69, 9.17) is 0 Å². The maximum Gasteiger partial charge on any atom is 0.250 e. The number of hydrogen-bond donors (Lipinski definition) is 1. The van der Waals surface area contributed by atoms with Crippen molar-refractivity contribution in [2.75, 3.05) is 5.75 Å². The van der Waals surface area contributed by atoms with Crippen molar-refractivity contribution >= 4 is 39.8 Å². The summed E-state index contributed by atoms with van der Waals surface area (Å²) in [6, 6.07) is 16.3. The van der Waals surface area contributed by atoms with E-state index in [9.17, 15) is 4.79 Å². The SMILES string of the molecule is Cc1ccc(C)c(-n2c(C)c(Br)c(/C=N\NC(=O)CSc3ccccc3)c2C)c1. The summed E-state index contributed by atoms with van der Waals surface area (Å²) in [6.45, 7) is 8.34. The van der Waals surface area contributed by atoms with E-state index < -0.39 is 0 Å². The molecular weight excluding hydrogens is 446 g/mol. The van der Waals surface area contributed by atoms with Crippen LogP contribution in [0.1, 0.15) is 28.1 Å². The first-order chi connectivity index (χ1) is 13.9. The number of amides is 1. The van der Waals surface area contributed by atoms with Gasteiger partial charge in [-0.2, -0.15) is 5.10 Å². The summed E-state index contributed by atoms with van der Waals surface area (Å²) in [4.78, 5) is 13.2. The molecule has 0 unspecified atom stereocenters. The van der Waals surface area contributed by atoms with Crippen molar-refractivity contribution in [3.63, 3.8) is 0 Å². The normalized spacial score (nSPS) is 11.2. The number of nitrogens with one attached hydrogen (secondary N) is 1. The zero-order valence-electron chi connectivity index (χ0n) is 17.0. The van der Waals surface area contributed by atoms with Gasteiger partial charge in [0.15, 0.2) is 0 Å². The van der Waals surface area contributed by atoms with Gasteiger partial charge < -0.3 is 4.57 Å². The molecule has 0 saturated carbocycles. The van der Waals surface area contributed by atoms with E-state index in [1.807, 2.05) is 30.3 Å². The Morgan fingerprint density at radius 2 is 1.83 bits per heavy atom. The van der Waals surface area contributed by atoms with Crippen LogP contribution in [-0.2, 0) is 4.79 Å². The zero-order valence-corrected chi connectivity index (χ0v) is 19.4. The average molecular weight is 470 g/mol. The summed E-state index contributed by atoms with van der Waals surface area (Å²) < 4.78 is 3.20. The lowest BCUT2D eigenvalue weighted by Gasteiger charge is -2.13. The summed E-state index contributed by atoms with van der Waals surface area (Å²) in [5.74, 6) is 0.193. The number of aromatic nitrogens is 1. The number of thioether (sulfide) groups is 1. The third kappa shape index (κ3) is 5.00. The summed E-state index contributed by atoms with van der Waals surface area (Å²) in [5.41, 5.74) is 9.33. The van der Waals surface area contributed by atoms with E-state index in [0.29, 0.717) is 5.75 Å². The molecule has 6 heteroatoms. The first-order valence-corrected chi connectivity index (χ1v) is 11.1. The van der Waals surface area contributed by atoms with Gasteiger partial charge in [0, 0.05) is 32.0 Å². The van der Waals surface area contributed by atoms with Crippen molar-refractivity contribution in [1.29, 1.82) is 0 Å². The van der Waals surface area contributed by atoms with Gasteiger partial charge in [-0.3, -0.25) is 4.79 Å². The van der Waals surface area contributed by atoms with Gasteiger partial charge in [0.25, 0.3) is 0 Å². The topological polar surface area (TPSA) is 46.4 Å². The molecule has 0 aliphatic carbocycles. The predicted molar refractivity (Wildman–Crippen MR) is 125 cm³/mol. The molecule has 2 aromatic carbocycles. The van der Waals surface area contributed by atoms with E-state index in [2.05, 4.69) is 76.9 Å². The fraction of sp³-hybridized carbons (Fsp3) is 0.217. The highest BCUT2D eigenvalue weighted by Crippen LogP contribution is 2.31. The lowest BCUT2D eigenvalue weighted by molar-refractivity contribution is -0.118. The molecule has 4 nitrogen and oxygen atoms in total. The minimum absolute atomic E-state index is 0.130. The largest absolute Gasteiger partial charge is 0.316 e. The minimum atomic E-state index is -0.130. The van der Waals surface area contributed by atoms with Gasteiger partial charge in [-0.05, 0) is 73.0 Å². The highest BCUT2D eigenvalue weighted by Gasteiger charge is 2.17. The number of rotatable bonds is 6. The lowest BCUT2D eigenvalue weighted by atomic mass is 10.1. The van der Waals surface area contributed by atoms with E-state index in [1.165, 1.54) is 22.9 Å². The number of halogens is 1. The fourth-order valence-electron chi connectivity index (χ4n) is 3.16. The van der Waals surface area contributed by atoms with Crippen LogP contribution in [-0.4, -0.2) is 22.4 Å². The van der Waals surface area contributed by atoms with Gasteiger partial charge in [0.05, 0.1) is 12.0 Å². The monoisotopic (exact) mass is 469 g/mol. The van der Waals surface area contributed by atoms with Crippen LogP contribution in [0.25, 0.3) is 5.69 Å². The smallest absolute Gasteiger partial charge is 0.250 e. The van der Waals surface area contributed by atoms with Crippen LogP contribution in [0.15, 0.2) is 63.0 Å². The molecule has 0 aliphatic rings. The van der Waals surface area contributed by atoms with Crippen molar-refractivity contribution in [2.24, 2.45) is 5.10 Å². The van der Waals surface area contributed by atoms with Gasteiger partial charge in [-0.25, -0.2) is 5.43 Å². The number of carbonyl (C=O) groups is 1. The Morgan fingerprint density at radius 3 is 2.55 bits per heavy atom. The first-order valence-electron chi connectivity index (χ1n) is 9.33. The Morgan fingerprint density at radius 1 is 1.10 bits per heavy atom. The van der Waals surface area contributed by atoms with Gasteiger partial charge in [0.2, 0.25) is 5.91 Å². The third-order valence-electron chi connectivity index (χ3n) is 4.72. The summed E-state index contributed by atoms with van der Waals surface area (Å²) in [5, 5.41) is 4.18. The molecule has 3 aromatic rings. The predicted octanol–water partition coefficient (Wildman–Crippen LogP) is 5.72. The van der Waals surface area contributed by atoms with Crippen LogP contribution in [0.5, 0.6) is 0 Å². The van der Waals surface area contributed by atoms with Crippen molar-refractivity contribution < 1.29 is 4.79 Å². The summed E-state index contributed by atoms with van der Waals surface area (Å²) >= 11 is 5.18. The highest BCUT2D eigenvalue weighted by molar-refractivity contribution is 9.10. The number of nitrogens with zero attached hydrogens (tertiary/aromatic N) is 2. The minimum Gasteiger partial charge on any atom is -0.316 e. The maximum absolute atomic E-state index is 12.1. The van der Waals surface area contributed by atoms with Gasteiger partial charge >= 0.3 is 0 Å². The molecule has 0 atom stereocenters. The second kappa shape index (κ2) is 9.46. The number of carbonyl (C=O) groups excluding carboxylic acids is 1. The molecule has 0 spiro atoms. The Hall–Kier alpha value is -2.31. The molecule has 0 saturated heterocycles. The number of hydrogen-bond acceptors (Lipinski definition) is 3. The zero-order chi connectivity index (χ0) is 21.0. The van der Waals surface area contributed by atoms with Crippen LogP contribution in [0, 0.1) is 27.7 Å². The molecule has 1 N–H and O–H groups in total. The van der Waals surface area contributed by atoms with E-state index >= 15 is 0 Å². The number of hydrazone groups is 1. The maximum atomic E-state index is 12.1. The first kappa shape index (κ1) is 21.4. The Labute approximate surface area is 184 Å². The Balaban J connectivity index is 1.74. The van der Waals surface area contributed by atoms with E-state index in [1.54, 1.807) is 6.21 Å². The van der Waals surface area contributed by atoms with Crippen LogP contribution < -0.4 is 5.43 Å². The summed E-state index contributed by atoms with van der Waals surface area (Å²) in [7, 11) is 0. The third-order valence-corrected chi connectivity index (χ3v) is 6.73. The molecule has 150 valence electrons. The molecule has 1 aromatic heterocycles. The second-order valence-electron chi connectivity index (χ2n) is 6.92. The average Bonchev–Trinajstić information content (AvgIpc) is 2.92. The molecule has 0 fully saturated rings. The molecule has 1 heterocycles. The van der Waals surface area contributed by atoms with E-state index in [-0.39, 0.29) is 5.91 Å². The number of benzene rings is 2. The molecule has 1 amide bonds. The van der Waals surface area contributed by atoms with Crippen molar-refractivity contribution in [3.8, 4) is 5.69 Å². The quantitative estimate of drug-likeness (QED) is 0.285. The molecule has 0 radical (unpaired) electrons. The van der Waals surface area contributed by atoms with Gasteiger partial charge in [-0.15, -0.1) is 11.8 Å². The van der Waals surface area contributed by atoms with Crippen molar-refractivity contribution in [2.45, 2.75) is 32.6 Å².